The Morgan fingerprint density at radius 2 is 2.11 bits per heavy atom. The normalized spacial score (nSPS) is 16.8. The van der Waals surface area contributed by atoms with E-state index in [0.717, 1.165) is 55.9 Å². The molecule has 144 valence electrons. The first-order valence-corrected chi connectivity index (χ1v) is 9.85. The van der Waals surface area contributed by atoms with Crippen molar-refractivity contribution in [2.45, 2.75) is 45.1 Å². The van der Waals surface area contributed by atoms with Gasteiger partial charge in [-0.2, -0.15) is 0 Å². The van der Waals surface area contributed by atoms with Crippen molar-refractivity contribution in [3.8, 4) is 5.75 Å². The number of aromatic nitrogens is 1. The number of nitrogens with one attached hydrogen (secondary N) is 1. The Labute approximate surface area is 161 Å². The number of piperidine rings is 1. The third-order valence-electron chi connectivity index (χ3n) is 5.26. The Hall–Kier alpha value is -2.56. The molecule has 1 aromatic carbocycles. The summed E-state index contributed by atoms with van der Waals surface area (Å²) >= 11 is 0. The van der Waals surface area contributed by atoms with Crippen molar-refractivity contribution in [2.24, 2.45) is 0 Å². The fourth-order valence-electron chi connectivity index (χ4n) is 3.72. The summed E-state index contributed by atoms with van der Waals surface area (Å²) in [5.41, 5.74) is 1.83. The van der Waals surface area contributed by atoms with Crippen LogP contribution in [0.1, 0.15) is 48.5 Å². The first-order valence-electron chi connectivity index (χ1n) is 9.85. The second-order valence-corrected chi connectivity index (χ2v) is 6.98. The molecule has 0 radical (unpaired) electrons. The van der Waals surface area contributed by atoms with Gasteiger partial charge in [0.25, 0.3) is 5.91 Å². The number of methoxy groups -OCH3 is 1. The zero-order valence-corrected chi connectivity index (χ0v) is 16.3. The molecule has 1 amide bonds. The van der Waals surface area contributed by atoms with Gasteiger partial charge >= 0.3 is 0 Å². The standard InChI is InChI=1S/C22H29N3O2/c1-3-19-9-6-7-15-25(19)22(26)18-11-12-21(24-16-18)23-14-13-17-8-4-5-10-20(17)27-2/h4-5,8,10-12,16,19H,3,6-7,9,13-15H2,1-2H3,(H,23,24). The van der Waals surface area contributed by atoms with E-state index in [0.29, 0.717) is 11.6 Å². The van der Waals surface area contributed by atoms with Crippen LogP contribution in [-0.4, -0.2) is 42.0 Å². The number of nitrogens with zero attached hydrogens (tertiary/aromatic N) is 2. The van der Waals surface area contributed by atoms with Crippen LogP contribution in [0.5, 0.6) is 5.75 Å². The molecule has 2 heterocycles. The summed E-state index contributed by atoms with van der Waals surface area (Å²) in [6.45, 7) is 3.77. The number of carbonyl (C=O) groups is 1. The summed E-state index contributed by atoms with van der Waals surface area (Å²) in [6.07, 6.45) is 6.97. The predicted octanol–water partition coefficient (Wildman–Crippen LogP) is 4.15. The van der Waals surface area contributed by atoms with Crippen LogP contribution in [0, 0.1) is 0 Å². The van der Waals surface area contributed by atoms with E-state index in [1.807, 2.05) is 35.2 Å². The van der Waals surface area contributed by atoms with E-state index in [1.54, 1.807) is 13.3 Å². The molecule has 27 heavy (non-hydrogen) atoms. The molecule has 0 aliphatic carbocycles. The van der Waals surface area contributed by atoms with Gasteiger partial charge in [0.05, 0.1) is 12.7 Å². The fraction of sp³-hybridized carbons (Fsp3) is 0.455. The number of likely N-dealkylation sites (tertiary alicyclic amines) is 1. The summed E-state index contributed by atoms with van der Waals surface area (Å²) in [4.78, 5) is 19.3. The van der Waals surface area contributed by atoms with Crippen LogP contribution in [0.3, 0.4) is 0 Å². The molecule has 0 saturated carbocycles. The lowest BCUT2D eigenvalue weighted by Gasteiger charge is -2.35. The Morgan fingerprint density at radius 1 is 1.26 bits per heavy atom. The lowest BCUT2D eigenvalue weighted by atomic mass is 9.99. The van der Waals surface area contributed by atoms with Crippen molar-refractivity contribution in [2.75, 3.05) is 25.5 Å². The quantitative estimate of drug-likeness (QED) is 0.799. The molecular formula is C22H29N3O2. The van der Waals surface area contributed by atoms with E-state index in [2.05, 4.69) is 23.3 Å². The van der Waals surface area contributed by atoms with E-state index < -0.39 is 0 Å². The Kier molecular flexibility index (Phi) is 6.69. The predicted molar refractivity (Wildman–Crippen MR) is 108 cm³/mol. The summed E-state index contributed by atoms with van der Waals surface area (Å²) in [5, 5.41) is 3.32. The molecule has 3 rings (SSSR count). The molecule has 1 aliphatic rings. The molecule has 5 nitrogen and oxygen atoms in total. The van der Waals surface area contributed by atoms with Crippen molar-refractivity contribution in [3.63, 3.8) is 0 Å². The minimum Gasteiger partial charge on any atom is -0.496 e. The number of amides is 1. The Balaban J connectivity index is 1.56. The lowest BCUT2D eigenvalue weighted by Crippen LogP contribution is -2.43. The molecule has 1 fully saturated rings. The highest BCUT2D eigenvalue weighted by Crippen LogP contribution is 2.22. The van der Waals surface area contributed by atoms with Crippen molar-refractivity contribution in [1.82, 2.24) is 9.88 Å². The number of anilines is 1. The molecule has 1 aromatic heterocycles. The number of ether oxygens (including phenoxy) is 1. The number of hydrogen-bond acceptors (Lipinski definition) is 4. The molecule has 1 saturated heterocycles. The van der Waals surface area contributed by atoms with Crippen LogP contribution in [-0.2, 0) is 6.42 Å². The van der Waals surface area contributed by atoms with Crippen molar-refractivity contribution in [3.05, 3.63) is 53.7 Å². The Morgan fingerprint density at radius 3 is 2.85 bits per heavy atom. The van der Waals surface area contributed by atoms with E-state index in [9.17, 15) is 4.79 Å². The van der Waals surface area contributed by atoms with Crippen LogP contribution < -0.4 is 10.1 Å². The number of pyridine rings is 1. The number of hydrogen-bond donors (Lipinski definition) is 1. The van der Waals surface area contributed by atoms with Crippen LogP contribution in [0.2, 0.25) is 0 Å². The average molecular weight is 367 g/mol. The average Bonchev–Trinajstić information content (AvgIpc) is 2.74. The first kappa shape index (κ1) is 19.2. The molecule has 0 spiro atoms. The van der Waals surface area contributed by atoms with Gasteiger partial charge in [0.15, 0.2) is 0 Å². The van der Waals surface area contributed by atoms with Gasteiger partial charge in [-0.05, 0) is 55.9 Å². The zero-order chi connectivity index (χ0) is 19.1. The summed E-state index contributed by atoms with van der Waals surface area (Å²) in [6, 6.07) is 12.2. The zero-order valence-electron chi connectivity index (χ0n) is 16.3. The highest BCUT2D eigenvalue weighted by Gasteiger charge is 2.26. The number of benzene rings is 1. The molecule has 5 heteroatoms. The minimum atomic E-state index is 0.106. The monoisotopic (exact) mass is 367 g/mol. The highest BCUT2D eigenvalue weighted by molar-refractivity contribution is 5.94. The maximum absolute atomic E-state index is 12.8. The minimum absolute atomic E-state index is 0.106. The third-order valence-corrected chi connectivity index (χ3v) is 5.26. The molecule has 1 unspecified atom stereocenters. The maximum Gasteiger partial charge on any atom is 0.255 e. The van der Waals surface area contributed by atoms with Crippen molar-refractivity contribution in [1.29, 1.82) is 0 Å². The van der Waals surface area contributed by atoms with E-state index >= 15 is 0 Å². The molecule has 1 aliphatic heterocycles. The van der Waals surface area contributed by atoms with Crippen LogP contribution in [0.15, 0.2) is 42.6 Å². The van der Waals surface area contributed by atoms with Gasteiger partial charge in [-0.25, -0.2) is 4.98 Å². The first-order chi connectivity index (χ1) is 13.2. The van der Waals surface area contributed by atoms with Gasteiger partial charge in [-0.15, -0.1) is 0 Å². The van der Waals surface area contributed by atoms with Gasteiger partial charge in [0.1, 0.15) is 11.6 Å². The number of carbonyl (C=O) groups excluding carboxylic acids is 1. The van der Waals surface area contributed by atoms with E-state index in [1.165, 1.54) is 6.42 Å². The van der Waals surface area contributed by atoms with Crippen LogP contribution >= 0.6 is 0 Å². The van der Waals surface area contributed by atoms with Gasteiger partial charge in [-0.1, -0.05) is 25.1 Å². The van der Waals surface area contributed by atoms with Crippen molar-refractivity contribution < 1.29 is 9.53 Å². The van der Waals surface area contributed by atoms with Crippen LogP contribution in [0.25, 0.3) is 0 Å². The maximum atomic E-state index is 12.8. The number of rotatable bonds is 7. The summed E-state index contributed by atoms with van der Waals surface area (Å²) in [7, 11) is 1.69. The largest absolute Gasteiger partial charge is 0.496 e. The fourth-order valence-corrected chi connectivity index (χ4v) is 3.72. The summed E-state index contributed by atoms with van der Waals surface area (Å²) < 4.78 is 5.38. The molecule has 2 aromatic rings. The molecule has 0 bridgehead atoms. The highest BCUT2D eigenvalue weighted by atomic mass is 16.5. The van der Waals surface area contributed by atoms with Crippen LogP contribution in [0.4, 0.5) is 5.82 Å². The van der Waals surface area contributed by atoms with Gasteiger partial charge in [0, 0.05) is 25.3 Å². The lowest BCUT2D eigenvalue weighted by molar-refractivity contribution is 0.0607. The van der Waals surface area contributed by atoms with Crippen molar-refractivity contribution >= 4 is 11.7 Å². The second-order valence-electron chi connectivity index (χ2n) is 6.98. The summed E-state index contributed by atoms with van der Waals surface area (Å²) in [5.74, 6) is 1.79. The molecule has 1 atom stereocenters. The molecule has 1 N–H and O–H groups in total. The smallest absolute Gasteiger partial charge is 0.255 e. The van der Waals surface area contributed by atoms with Gasteiger partial charge < -0.3 is 15.0 Å². The topological polar surface area (TPSA) is 54.5 Å². The number of para-hydroxylation sites is 1. The van der Waals surface area contributed by atoms with Gasteiger partial charge in [0.2, 0.25) is 0 Å². The van der Waals surface area contributed by atoms with E-state index in [-0.39, 0.29) is 5.91 Å². The third kappa shape index (κ3) is 4.79. The second kappa shape index (κ2) is 9.40. The van der Waals surface area contributed by atoms with Gasteiger partial charge in [-0.3, -0.25) is 4.79 Å². The van der Waals surface area contributed by atoms with E-state index in [4.69, 9.17) is 4.74 Å². The molecular weight excluding hydrogens is 338 g/mol. The Bertz CT molecular complexity index is 745. The SMILES string of the molecule is CCC1CCCCN1C(=O)c1ccc(NCCc2ccccc2OC)nc1.